The highest BCUT2D eigenvalue weighted by Gasteiger charge is 2.41. The molecule has 0 saturated carbocycles. The predicted octanol–water partition coefficient (Wildman–Crippen LogP) is 2.96. The molecule has 1 heterocycles. The molecular weight excluding hydrogens is 180 g/mol. The molecule has 1 aromatic carbocycles. The number of rotatable bonds is 2. The number of ether oxygens (including phenoxy) is 1. The third kappa shape index (κ3) is 1.83. The summed E-state index contributed by atoms with van der Waals surface area (Å²) >= 11 is 1.96. The molecule has 1 nitrogen and oxygen atoms in total. The van der Waals surface area contributed by atoms with Crippen LogP contribution in [0.5, 0.6) is 5.75 Å². The molecule has 0 unspecified atom stereocenters. The second-order valence-corrected chi connectivity index (χ2v) is 5.51. The molecule has 1 aliphatic rings. The summed E-state index contributed by atoms with van der Waals surface area (Å²) < 4.78 is 6.13. The van der Waals surface area contributed by atoms with E-state index < -0.39 is 0 Å². The molecule has 70 valence electrons. The molecule has 2 rings (SSSR count). The fraction of sp³-hybridized carbons (Fsp3) is 0.455. The molecule has 1 aromatic rings. The van der Waals surface area contributed by atoms with E-state index in [1.165, 1.54) is 0 Å². The monoisotopic (exact) mass is 194 g/mol. The van der Waals surface area contributed by atoms with Crippen LogP contribution in [-0.2, 0) is 0 Å². The molecule has 0 amide bonds. The lowest BCUT2D eigenvalue weighted by Crippen LogP contribution is -2.49. The second kappa shape index (κ2) is 3.26. The van der Waals surface area contributed by atoms with Crippen LogP contribution in [0, 0.1) is 0 Å². The molecule has 1 fully saturated rings. The first-order valence-corrected chi connectivity index (χ1v) is 5.53. The summed E-state index contributed by atoms with van der Waals surface area (Å²) in [5.41, 5.74) is 0. The minimum Gasteiger partial charge on any atom is -0.488 e. The van der Waals surface area contributed by atoms with Gasteiger partial charge in [0, 0.05) is 10.5 Å². The Labute approximate surface area is 83.5 Å². The van der Waals surface area contributed by atoms with Crippen LogP contribution in [-0.4, -0.2) is 16.6 Å². The topological polar surface area (TPSA) is 9.23 Å². The fourth-order valence-electron chi connectivity index (χ4n) is 1.32. The van der Waals surface area contributed by atoms with Crippen LogP contribution in [0.15, 0.2) is 30.3 Å². The Morgan fingerprint density at radius 3 is 2.46 bits per heavy atom. The van der Waals surface area contributed by atoms with Gasteiger partial charge in [-0.25, -0.2) is 0 Å². The number of thioether (sulfide) groups is 1. The molecule has 0 aromatic heterocycles. The first-order valence-electron chi connectivity index (χ1n) is 4.54. The van der Waals surface area contributed by atoms with E-state index in [0.717, 1.165) is 11.5 Å². The average molecular weight is 194 g/mol. The summed E-state index contributed by atoms with van der Waals surface area (Å²) in [4.78, 5) is 0. The van der Waals surface area contributed by atoms with E-state index in [2.05, 4.69) is 13.8 Å². The minimum atomic E-state index is 0.288. The van der Waals surface area contributed by atoms with Gasteiger partial charge in [0.15, 0.2) is 0 Å². The number of hydrogen-bond acceptors (Lipinski definition) is 2. The molecule has 0 radical (unpaired) electrons. The van der Waals surface area contributed by atoms with E-state index >= 15 is 0 Å². The fourth-order valence-corrected chi connectivity index (χ4v) is 2.41. The standard InChI is InChI=1S/C11H14OS/c1-11(2)10(8-13-11)12-9-6-4-3-5-7-9/h3-7,10H,8H2,1-2H3/t10-/m1/s1. The highest BCUT2D eigenvalue weighted by Crippen LogP contribution is 2.42. The third-order valence-electron chi connectivity index (χ3n) is 2.40. The minimum absolute atomic E-state index is 0.288. The molecule has 0 spiro atoms. The van der Waals surface area contributed by atoms with Crippen molar-refractivity contribution in [3.8, 4) is 5.75 Å². The molecule has 2 heteroatoms. The molecule has 1 saturated heterocycles. The number of benzene rings is 1. The molecule has 0 aliphatic carbocycles. The quantitative estimate of drug-likeness (QED) is 0.716. The molecule has 1 atom stereocenters. The number of para-hydroxylation sites is 1. The largest absolute Gasteiger partial charge is 0.488 e. The van der Waals surface area contributed by atoms with Crippen LogP contribution < -0.4 is 4.74 Å². The van der Waals surface area contributed by atoms with Crippen molar-refractivity contribution in [2.75, 3.05) is 5.75 Å². The Kier molecular flexibility index (Phi) is 2.24. The van der Waals surface area contributed by atoms with E-state index in [0.29, 0.717) is 6.10 Å². The van der Waals surface area contributed by atoms with Crippen LogP contribution in [0.3, 0.4) is 0 Å². The average Bonchev–Trinajstić information content (AvgIpc) is 2.15. The van der Waals surface area contributed by atoms with E-state index in [9.17, 15) is 0 Å². The maximum Gasteiger partial charge on any atom is 0.122 e. The van der Waals surface area contributed by atoms with Crippen molar-refractivity contribution in [3.63, 3.8) is 0 Å². The van der Waals surface area contributed by atoms with Crippen LogP contribution in [0.25, 0.3) is 0 Å². The third-order valence-corrected chi connectivity index (χ3v) is 3.88. The van der Waals surface area contributed by atoms with Gasteiger partial charge in [0.05, 0.1) is 0 Å². The van der Waals surface area contributed by atoms with Crippen molar-refractivity contribution < 1.29 is 4.74 Å². The summed E-state index contributed by atoms with van der Waals surface area (Å²) in [5.74, 6) is 2.10. The Morgan fingerprint density at radius 1 is 1.31 bits per heavy atom. The summed E-state index contributed by atoms with van der Waals surface area (Å²) in [6.45, 7) is 4.46. The van der Waals surface area contributed by atoms with Gasteiger partial charge < -0.3 is 4.74 Å². The van der Waals surface area contributed by atoms with Gasteiger partial charge in [0.1, 0.15) is 11.9 Å². The zero-order chi connectivity index (χ0) is 9.31. The van der Waals surface area contributed by atoms with Gasteiger partial charge in [-0.05, 0) is 26.0 Å². The van der Waals surface area contributed by atoms with Gasteiger partial charge in [-0.15, -0.1) is 11.8 Å². The van der Waals surface area contributed by atoms with Crippen molar-refractivity contribution in [2.24, 2.45) is 0 Å². The van der Waals surface area contributed by atoms with Crippen molar-refractivity contribution in [1.29, 1.82) is 0 Å². The zero-order valence-corrected chi connectivity index (χ0v) is 8.80. The highest BCUT2D eigenvalue weighted by atomic mass is 32.2. The summed E-state index contributed by atoms with van der Waals surface area (Å²) in [7, 11) is 0. The lowest BCUT2D eigenvalue weighted by molar-refractivity contribution is 0.175. The van der Waals surface area contributed by atoms with Gasteiger partial charge in [0.25, 0.3) is 0 Å². The van der Waals surface area contributed by atoms with Gasteiger partial charge in [-0.1, -0.05) is 18.2 Å². The van der Waals surface area contributed by atoms with Gasteiger partial charge in [0.2, 0.25) is 0 Å². The lowest BCUT2D eigenvalue weighted by Gasteiger charge is -2.43. The van der Waals surface area contributed by atoms with E-state index in [-0.39, 0.29) is 4.75 Å². The molecule has 0 bridgehead atoms. The van der Waals surface area contributed by atoms with Crippen LogP contribution >= 0.6 is 11.8 Å². The van der Waals surface area contributed by atoms with Gasteiger partial charge >= 0.3 is 0 Å². The van der Waals surface area contributed by atoms with E-state index in [1.807, 2.05) is 42.1 Å². The first kappa shape index (κ1) is 8.95. The molecule has 13 heavy (non-hydrogen) atoms. The maximum absolute atomic E-state index is 5.84. The Morgan fingerprint density at radius 2 is 2.00 bits per heavy atom. The van der Waals surface area contributed by atoms with Crippen LogP contribution in [0.2, 0.25) is 0 Å². The van der Waals surface area contributed by atoms with Gasteiger partial charge in [-0.2, -0.15) is 0 Å². The zero-order valence-electron chi connectivity index (χ0n) is 7.99. The van der Waals surface area contributed by atoms with Crippen molar-refractivity contribution >= 4 is 11.8 Å². The predicted molar refractivity (Wildman–Crippen MR) is 57.4 cm³/mol. The molecule has 1 aliphatic heterocycles. The van der Waals surface area contributed by atoms with E-state index in [1.54, 1.807) is 0 Å². The molecular formula is C11H14OS. The normalized spacial score (nSPS) is 24.9. The first-order chi connectivity index (χ1) is 6.18. The number of hydrogen-bond donors (Lipinski definition) is 0. The van der Waals surface area contributed by atoms with Crippen molar-refractivity contribution in [2.45, 2.75) is 24.7 Å². The van der Waals surface area contributed by atoms with Crippen LogP contribution in [0.1, 0.15) is 13.8 Å². The summed E-state index contributed by atoms with van der Waals surface area (Å²) in [6, 6.07) is 10.0. The Bertz CT molecular complexity index is 281. The van der Waals surface area contributed by atoms with Crippen LogP contribution in [0.4, 0.5) is 0 Å². The van der Waals surface area contributed by atoms with E-state index in [4.69, 9.17) is 4.74 Å². The maximum atomic E-state index is 5.84. The lowest BCUT2D eigenvalue weighted by atomic mass is 10.1. The Balaban J connectivity index is 2.00. The highest BCUT2D eigenvalue weighted by molar-refractivity contribution is 8.02. The van der Waals surface area contributed by atoms with Gasteiger partial charge in [-0.3, -0.25) is 0 Å². The summed E-state index contributed by atoms with van der Waals surface area (Å²) in [5, 5.41) is 0. The SMILES string of the molecule is CC1(C)SC[C@H]1Oc1ccccc1. The molecule has 0 N–H and O–H groups in total. The van der Waals surface area contributed by atoms with Crippen molar-refractivity contribution in [3.05, 3.63) is 30.3 Å². The summed E-state index contributed by atoms with van der Waals surface area (Å²) in [6.07, 6.45) is 0.375. The van der Waals surface area contributed by atoms with Crippen molar-refractivity contribution in [1.82, 2.24) is 0 Å². The smallest absolute Gasteiger partial charge is 0.122 e. The second-order valence-electron chi connectivity index (χ2n) is 3.83. The Hall–Kier alpha value is -0.630.